The van der Waals surface area contributed by atoms with Gasteiger partial charge in [-0.3, -0.25) is 0 Å². The van der Waals surface area contributed by atoms with E-state index in [1.165, 1.54) is 88.6 Å². The van der Waals surface area contributed by atoms with Crippen molar-refractivity contribution >= 4 is 21.7 Å². The molecule has 0 radical (unpaired) electrons. The molecule has 12 rings (SSSR count). The van der Waals surface area contributed by atoms with Crippen LogP contribution in [0.3, 0.4) is 0 Å². The van der Waals surface area contributed by atoms with E-state index in [4.69, 9.17) is 0 Å². The van der Waals surface area contributed by atoms with Gasteiger partial charge in [0.1, 0.15) is 11.1 Å². The first-order chi connectivity index (χ1) is 22.8. The van der Waals surface area contributed by atoms with E-state index in [0.29, 0.717) is 0 Å². The maximum absolute atomic E-state index is 2.60. The van der Waals surface area contributed by atoms with Gasteiger partial charge in [0, 0.05) is 23.6 Å². The van der Waals surface area contributed by atoms with Gasteiger partial charge in [-0.05, 0) is 68.1 Å². The van der Waals surface area contributed by atoms with E-state index in [-0.39, 0.29) is 0 Å². The molecular weight excluding hydrogens is 556 g/mol. The summed E-state index contributed by atoms with van der Waals surface area (Å²) in [5.41, 5.74) is 16.5. The number of hydrogen-bond acceptors (Lipinski definition) is 0. The van der Waals surface area contributed by atoms with E-state index in [0.717, 1.165) is 0 Å². The fraction of sp³-hybridized carbons (Fsp3) is 0.0455. The average molecular weight is 583 g/mol. The van der Waals surface area contributed by atoms with Gasteiger partial charge in [-0.15, -0.1) is 9.13 Å². The first-order valence-corrected chi connectivity index (χ1v) is 16.2. The minimum absolute atomic E-state index is 0.429. The van der Waals surface area contributed by atoms with Crippen molar-refractivity contribution in [3.8, 4) is 33.5 Å². The van der Waals surface area contributed by atoms with Crippen LogP contribution in [0.15, 0.2) is 158 Å². The largest absolute Gasteiger partial charge is 0.418 e. The highest BCUT2D eigenvalue weighted by atomic mass is 15.3. The lowest BCUT2D eigenvalue weighted by Gasteiger charge is -2.41. The molecule has 0 bridgehead atoms. The van der Waals surface area contributed by atoms with Gasteiger partial charge >= 0.3 is 5.66 Å². The molecule has 46 heavy (non-hydrogen) atoms. The Morgan fingerprint density at radius 2 is 1.09 bits per heavy atom. The Labute approximate surface area is 266 Å². The minimum atomic E-state index is -0.535. The lowest BCUT2D eigenvalue weighted by molar-refractivity contribution is -0.950. The monoisotopic (exact) mass is 582 g/mol. The molecule has 0 saturated heterocycles. The van der Waals surface area contributed by atoms with Crippen molar-refractivity contribution < 1.29 is 9.13 Å². The van der Waals surface area contributed by atoms with Crippen molar-refractivity contribution in [3.63, 3.8) is 0 Å². The molecule has 0 N–H and O–H groups in total. The molecular formula is C44H26N2+2. The van der Waals surface area contributed by atoms with Crippen LogP contribution in [-0.4, -0.2) is 0 Å². The molecule has 0 amide bonds. The topological polar surface area (TPSA) is 7.76 Å². The van der Waals surface area contributed by atoms with Crippen LogP contribution in [0.4, 0.5) is 0 Å². The summed E-state index contributed by atoms with van der Waals surface area (Å²) in [6.45, 7) is 0. The van der Waals surface area contributed by atoms with Crippen molar-refractivity contribution in [2.75, 3.05) is 0 Å². The van der Waals surface area contributed by atoms with E-state index in [9.17, 15) is 0 Å². The quantitative estimate of drug-likeness (QED) is 0.135. The van der Waals surface area contributed by atoms with Crippen LogP contribution in [0.1, 0.15) is 33.4 Å². The predicted molar refractivity (Wildman–Crippen MR) is 182 cm³/mol. The summed E-state index contributed by atoms with van der Waals surface area (Å²) < 4.78 is 5.19. The highest BCUT2D eigenvalue weighted by molar-refractivity contribution is 6.09. The fourth-order valence-corrected chi connectivity index (χ4v) is 10.00. The normalized spacial score (nSPS) is 17.8. The number of aromatic nitrogens is 2. The summed E-state index contributed by atoms with van der Waals surface area (Å²) >= 11 is 0. The predicted octanol–water partition coefficient (Wildman–Crippen LogP) is 8.50. The van der Waals surface area contributed by atoms with Crippen molar-refractivity contribution in [2.45, 2.75) is 11.1 Å². The summed E-state index contributed by atoms with van der Waals surface area (Å²) in [6, 6.07) is 54.9. The molecule has 2 nitrogen and oxygen atoms in total. The molecule has 8 aromatic rings. The van der Waals surface area contributed by atoms with E-state index >= 15 is 0 Å². The van der Waals surface area contributed by atoms with Crippen LogP contribution in [0.25, 0.3) is 55.2 Å². The van der Waals surface area contributed by atoms with E-state index < -0.39 is 11.1 Å². The third-order valence-electron chi connectivity index (χ3n) is 11.5. The highest BCUT2D eigenvalue weighted by Crippen LogP contribution is 2.65. The lowest BCUT2D eigenvalue weighted by Crippen LogP contribution is -2.73. The number of pyridine rings is 2. The highest BCUT2D eigenvalue weighted by Gasteiger charge is 2.72. The summed E-state index contributed by atoms with van der Waals surface area (Å²) in [6.07, 6.45) is 4.68. The third kappa shape index (κ3) is 2.30. The third-order valence-corrected chi connectivity index (χ3v) is 11.5. The molecule has 1 unspecified atom stereocenters. The van der Waals surface area contributed by atoms with Crippen LogP contribution in [-0.2, 0) is 11.1 Å². The molecule has 0 saturated carbocycles. The Morgan fingerprint density at radius 1 is 0.413 bits per heavy atom. The van der Waals surface area contributed by atoms with Gasteiger partial charge in [0.05, 0.1) is 16.4 Å². The van der Waals surface area contributed by atoms with Crippen molar-refractivity contribution in [2.24, 2.45) is 0 Å². The van der Waals surface area contributed by atoms with Crippen LogP contribution in [0.2, 0.25) is 0 Å². The number of hydrogen-bond donors (Lipinski definition) is 0. The second-order valence-corrected chi connectivity index (χ2v) is 13.2. The molecule has 2 aliphatic carbocycles. The van der Waals surface area contributed by atoms with Crippen LogP contribution in [0.5, 0.6) is 0 Å². The Balaban J connectivity index is 1.35. The molecule has 6 aromatic carbocycles. The van der Waals surface area contributed by atoms with Gasteiger partial charge in [-0.2, -0.15) is 0 Å². The smallest absolute Gasteiger partial charge is 0.125 e. The van der Waals surface area contributed by atoms with E-state index in [2.05, 4.69) is 167 Å². The first kappa shape index (κ1) is 23.5. The van der Waals surface area contributed by atoms with Gasteiger partial charge in [0.15, 0.2) is 12.4 Å². The van der Waals surface area contributed by atoms with Crippen LogP contribution < -0.4 is 9.13 Å². The maximum Gasteiger partial charge on any atom is 0.418 e. The zero-order valence-electron chi connectivity index (χ0n) is 24.9. The molecule has 2 heteroatoms. The minimum Gasteiger partial charge on any atom is -0.125 e. The number of rotatable bonds is 1. The second-order valence-electron chi connectivity index (χ2n) is 13.2. The molecule has 4 heterocycles. The Kier molecular flexibility index (Phi) is 3.92. The summed E-state index contributed by atoms with van der Waals surface area (Å²) in [5, 5.41) is 3.96. The summed E-state index contributed by atoms with van der Waals surface area (Å²) in [4.78, 5) is 0. The zero-order chi connectivity index (χ0) is 29.8. The van der Waals surface area contributed by atoms with Crippen LogP contribution >= 0.6 is 0 Å². The van der Waals surface area contributed by atoms with Crippen molar-refractivity contribution in [1.82, 2.24) is 0 Å². The molecule has 2 aromatic heterocycles. The first-order valence-electron chi connectivity index (χ1n) is 16.2. The SMILES string of the molecule is c1ccc(-c2cc[n+]3c(c2)-c2cccc4c2C32c3c(ccc5ccc6ccc[n+]2c6c35)C42c3ccccc3-c3ccccc32)cc1. The molecule has 4 aliphatic rings. The Morgan fingerprint density at radius 3 is 1.91 bits per heavy atom. The number of nitrogens with zero attached hydrogens (tertiary/aromatic N) is 2. The van der Waals surface area contributed by atoms with Gasteiger partial charge in [0.25, 0.3) is 0 Å². The number of benzene rings is 6. The van der Waals surface area contributed by atoms with Gasteiger partial charge in [-0.1, -0.05) is 109 Å². The molecule has 1 atom stereocenters. The van der Waals surface area contributed by atoms with Gasteiger partial charge in [-0.25, -0.2) is 0 Å². The standard InChI is InChI=1S/C44H26N2/c1-2-10-27(11-3-1)30-23-25-45-38(26-30)33-15-8-18-36-40(33)44(45)41-37(22-21-28-19-20-29-12-9-24-46(44)42(29)39(28)41)43(36)34-16-6-4-13-31(34)32-14-5-7-17-35(32)43/h1-26H/q+2. The van der Waals surface area contributed by atoms with Gasteiger partial charge < -0.3 is 0 Å². The second kappa shape index (κ2) is 7.67. The van der Waals surface area contributed by atoms with Crippen LogP contribution in [0, 0.1) is 0 Å². The zero-order valence-corrected chi connectivity index (χ0v) is 24.9. The summed E-state index contributed by atoms with van der Waals surface area (Å²) in [7, 11) is 0. The average Bonchev–Trinajstić information content (AvgIpc) is 3.72. The molecule has 0 fully saturated rings. The van der Waals surface area contributed by atoms with E-state index in [1.54, 1.807) is 0 Å². The molecule has 210 valence electrons. The Hall–Kier alpha value is -5.86. The number of fused-ring (bicyclic) bond motifs is 9. The van der Waals surface area contributed by atoms with Crippen molar-refractivity contribution in [3.05, 3.63) is 191 Å². The lowest BCUT2D eigenvalue weighted by atomic mass is 9.58. The molecule has 2 spiro atoms. The summed E-state index contributed by atoms with van der Waals surface area (Å²) in [5.74, 6) is 0. The van der Waals surface area contributed by atoms with E-state index in [1.807, 2.05) is 0 Å². The molecule has 2 aliphatic heterocycles. The Bertz CT molecular complexity index is 2660. The van der Waals surface area contributed by atoms with Gasteiger partial charge in [0.2, 0.25) is 11.2 Å². The fourth-order valence-electron chi connectivity index (χ4n) is 10.00. The maximum atomic E-state index is 2.60. The van der Waals surface area contributed by atoms with Crippen molar-refractivity contribution in [1.29, 1.82) is 0 Å².